The van der Waals surface area contributed by atoms with Crippen LogP contribution in [0.25, 0.3) is 11.1 Å². The molecule has 2 aromatic heterocycles. The minimum Gasteiger partial charge on any atom is -0.442 e. The lowest BCUT2D eigenvalue weighted by Gasteiger charge is -2.08. The van der Waals surface area contributed by atoms with Crippen molar-refractivity contribution in [2.45, 2.75) is 32.2 Å². The van der Waals surface area contributed by atoms with Gasteiger partial charge < -0.3 is 9.73 Å². The number of fused-ring (bicyclic) bond motifs is 1. The number of carbonyl (C=O) groups is 1. The molecule has 0 aliphatic carbocycles. The number of furan rings is 1. The van der Waals surface area contributed by atoms with Crippen LogP contribution in [0.3, 0.4) is 0 Å². The van der Waals surface area contributed by atoms with Crippen molar-refractivity contribution in [1.82, 2.24) is 9.55 Å². The molecule has 0 atom stereocenters. The fourth-order valence-electron chi connectivity index (χ4n) is 2.83. The molecule has 0 fully saturated rings. The molecule has 0 saturated carbocycles. The predicted octanol–water partition coefficient (Wildman–Crippen LogP) is 3.93. The summed E-state index contributed by atoms with van der Waals surface area (Å²) in [6.07, 6.45) is 3.44. The van der Waals surface area contributed by atoms with Gasteiger partial charge in [-0.1, -0.05) is 19.9 Å². The average molecular weight is 371 g/mol. The molecule has 0 saturated heterocycles. The van der Waals surface area contributed by atoms with Crippen LogP contribution in [0.1, 0.15) is 30.0 Å². The van der Waals surface area contributed by atoms with E-state index in [1.807, 2.05) is 44.4 Å². The maximum atomic E-state index is 12.8. The molecule has 3 rings (SSSR count). The van der Waals surface area contributed by atoms with Gasteiger partial charge in [-0.15, -0.1) is 11.8 Å². The topological polar surface area (TPSA) is 77.1 Å². The maximum absolute atomic E-state index is 12.8. The van der Waals surface area contributed by atoms with Crippen molar-refractivity contribution in [2.75, 3.05) is 11.6 Å². The van der Waals surface area contributed by atoms with E-state index in [2.05, 4.69) is 10.3 Å². The second-order valence-corrected chi connectivity index (χ2v) is 7.38. The van der Waals surface area contributed by atoms with Gasteiger partial charge in [-0.05, 0) is 37.3 Å². The fourth-order valence-corrected chi connectivity index (χ4v) is 3.29. The lowest BCUT2D eigenvalue weighted by atomic mass is 10.1. The van der Waals surface area contributed by atoms with Crippen LogP contribution in [-0.4, -0.2) is 21.7 Å². The third-order valence-electron chi connectivity index (χ3n) is 3.97. The van der Waals surface area contributed by atoms with E-state index < -0.39 is 0 Å². The summed E-state index contributed by atoms with van der Waals surface area (Å²) in [5.41, 5.74) is 0.839. The smallest absolute Gasteiger partial charge is 0.265 e. The van der Waals surface area contributed by atoms with Crippen LogP contribution >= 0.6 is 11.8 Å². The number of aryl methyl sites for hydroxylation is 1. The predicted molar refractivity (Wildman–Crippen MR) is 104 cm³/mol. The van der Waals surface area contributed by atoms with Crippen LogP contribution in [0, 0.1) is 12.8 Å². The second-order valence-electron chi connectivity index (χ2n) is 6.50. The number of hydrogen-bond donors (Lipinski definition) is 1. The first-order valence-electron chi connectivity index (χ1n) is 8.34. The highest BCUT2D eigenvalue weighted by atomic mass is 32.2. The van der Waals surface area contributed by atoms with Crippen LogP contribution < -0.4 is 10.9 Å². The zero-order valence-electron chi connectivity index (χ0n) is 15.2. The molecule has 0 spiro atoms. The molecule has 0 aliphatic heterocycles. The average Bonchev–Trinajstić information content (AvgIpc) is 2.94. The zero-order valence-corrected chi connectivity index (χ0v) is 16.0. The van der Waals surface area contributed by atoms with Crippen molar-refractivity contribution in [2.24, 2.45) is 5.92 Å². The van der Waals surface area contributed by atoms with Crippen LogP contribution in [0.4, 0.5) is 5.69 Å². The van der Waals surface area contributed by atoms with Gasteiger partial charge in [-0.2, -0.15) is 0 Å². The zero-order chi connectivity index (χ0) is 18.8. The molecule has 2 heterocycles. The third kappa shape index (κ3) is 3.53. The summed E-state index contributed by atoms with van der Waals surface area (Å²) in [7, 11) is 0. The van der Waals surface area contributed by atoms with Crippen molar-refractivity contribution >= 4 is 34.5 Å². The molecular weight excluding hydrogens is 350 g/mol. The van der Waals surface area contributed by atoms with E-state index in [1.165, 1.54) is 10.9 Å². The van der Waals surface area contributed by atoms with E-state index in [0.717, 1.165) is 4.90 Å². The molecule has 6 nitrogen and oxygen atoms in total. The number of anilines is 1. The molecule has 26 heavy (non-hydrogen) atoms. The van der Waals surface area contributed by atoms with Crippen LogP contribution in [0.15, 0.2) is 44.7 Å². The second kappa shape index (κ2) is 7.37. The van der Waals surface area contributed by atoms with Gasteiger partial charge in [0.25, 0.3) is 11.5 Å². The molecular formula is C19H21N3O3S. The van der Waals surface area contributed by atoms with E-state index in [4.69, 9.17) is 4.42 Å². The summed E-state index contributed by atoms with van der Waals surface area (Å²) >= 11 is 1.59. The quantitative estimate of drug-likeness (QED) is 0.688. The highest BCUT2D eigenvalue weighted by molar-refractivity contribution is 7.98. The first-order chi connectivity index (χ1) is 12.4. The molecule has 0 unspecified atom stereocenters. The van der Waals surface area contributed by atoms with Gasteiger partial charge in [-0.3, -0.25) is 14.2 Å². The standard InChI is InChI=1S/C19H21N3O3S/c1-11(2)9-22-10-20-18-16(19(22)24)15(12(3)25-18)17(23)21-13-6-5-7-14(8-13)26-4/h5-8,10-11H,9H2,1-4H3,(H,21,23). The van der Waals surface area contributed by atoms with Crippen LogP contribution in [0.5, 0.6) is 0 Å². The van der Waals surface area contributed by atoms with Crippen molar-refractivity contribution < 1.29 is 9.21 Å². The molecule has 0 bridgehead atoms. The first-order valence-corrected chi connectivity index (χ1v) is 9.57. The number of thioether (sulfide) groups is 1. The van der Waals surface area contributed by atoms with E-state index >= 15 is 0 Å². The third-order valence-corrected chi connectivity index (χ3v) is 4.70. The molecule has 7 heteroatoms. The Kier molecular flexibility index (Phi) is 5.18. The molecule has 0 aliphatic rings. The SMILES string of the molecule is CSc1cccc(NC(=O)c2c(C)oc3ncn(CC(C)C)c(=O)c23)c1. The monoisotopic (exact) mass is 371 g/mol. The van der Waals surface area contributed by atoms with Gasteiger partial charge in [0.05, 0.1) is 5.56 Å². The van der Waals surface area contributed by atoms with Crippen molar-refractivity contribution in [3.05, 3.63) is 52.3 Å². The molecule has 1 aromatic carbocycles. The summed E-state index contributed by atoms with van der Waals surface area (Å²) in [4.78, 5) is 30.9. The maximum Gasteiger partial charge on any atom is 0.265 e. The summed E-state index contributed by atoms with van der Waals surface area (Å²) in [6.45, 7) is 6.23. The summed E-state index contributed by atoms with van der Waals surface area (Å²) < 4.78 is 7.08. The van der Waals surface area contributed by atoms with E-state index in [0.29, 0.717) is 18.0 Å². The molecule has 136 valence electrons. The van der Waals surface area contributed by atoms with E-state index in [9.17, 15) is 9.59 Å². The van der Waals surface area contributed by atoms with Gasteiger partial charge >= 0.3 is 0 Å². The van der Waals surface area contributed by atoms with Crippen molar-refractivity contribution in [3.63, 3.8) is 0 Å². The number of rotatable bonds is 5. The Morgan fingerprint density at radius 3 is 2.85 bits per heavy atom. The first kappa shape index (κ1) is 18.3. The number of nitrogens with one attached hydrogen (secondary N) is 1. The molecule has 3 aromatic rings. The lowest BCUT2D eigenvalue weighted by Crippen LogP contribution is -2.24. The minimum absolute atomic E-state index is 0.190. The molecule has 1 N–H and O–H groups in total. The van der Waals surface area contributed by atoms with Crippen molar-refractivity contribution in [3.8, 4) is 0 Å². The molecule has 1 amide bonds. The Balaban J connectivity index is 2.04. The summed E-state index contributed by atoms with van der Waals surface area (Å²) in [5.74, 6) is 0.289. The Morgan fingerprint density at radius 1 is 1.38 bits per heavy atom. The number of carbonyl (C=O) groups excluding carboxylic acids is 1. The van der Waals surface area contributed by atoms with Crippen LogP contribution in [0.2, 0.25) is 0 Å². The normalized spacial score (nSPS) is 11.3. The number of amides is 1. The fraction of sp³-hybridized carbons (Fsp3) is 0.316. The molecule has 0 radical (unpaired) electrons. The van der Waals surface area contributed by atoms with Crippen molar-refractivity contribution in [1.29, 1.82) is 0 Å². The van der Waals surface area contributed by atoms with Crippen LogP contribution in [-0.2, 0) is 6.54 Å². The van der Waals surface area contributed by atoms with Gasteiger partial charge in [0.15, 0.2) is 0 Å². The van der Waals surface area contributed by atoms with Gasteiger partial charge in [0.1, 0.15) is 17.5 Å². The summed E-state index contributed by atoms with van der Waals surface area (Å²) in [6, 6.07) is 7.53. The van der Waals surface area contributed by atoms with E-state index in [-0.39, 0.29) is 34.0 Å². The number of hydrogen-bond acceptors (Lipinski definition) is 5. The van der Waals surface area contributed by atoms with Gasteiger partial charge in [0.2, 0.25) is 5.71 Å². The number of nitrogens with zero attached hydrogens (tertiary/aromatic N) is 2. The largest absolute Gasteiger partial charge is 0.442 e. The van der Waals surface area contributed by atoms with Gasteiger partial charge in [0, 0.05) is 17.1 Å². The highest BCUT2D eigenvalue weighted by Gasteiger charge is 2.23. The number of aromatic nitrogens is 2. The van der Waals surface area contributed by atoms with E-state index in [1.54, 1.807) is 18.7 Å². The Hall–Kier alpha value is -2.54. The Labute approximate surface area is 155 Å². The highest BCUT2D eigenvalue weighted by Crippen LogP contribution is 2.24. The summed E-state index contributed by atoms with van der Waals surface area (Å²) in [5, 5.41) is 3.08. The Bertz CT molecular complexity index is 1020. The number of benzene rings is 1. The minimum atomic E-state index is -0.374. The Morgan fingerprint density at radius 2 is 2.15 bits per heavy atom. The van der Waals surface area contributed by atoms with Gasteiger partial charge in [-0.25, -0.2) is 4.98 Å². The lowest BCUT2D eigenvalue weighted by molar-refractivity contribution is 0.102.